The van der Waals surface area contributed by atoms with Gasteiger partial charge in [0.1, 0.15) is 23.4 Å². The second-order valence-electron chi connectivity index (χ2n) is 7.57. The molecule has 2 aromatic heterocycles. The summed E-state index contributed by atoms with van der Waals surface area (Å²) >= 11 is 0. The molecule has 3 N–H and O–H groups in total. The minimum Gasteiger partial charge on any atom is -0.463 e. The van der Waals surface area contributed by atoms with Crippen LogP contribution in [0.15, 0.2) is 56.5 Å². The Morgan fingerprint density at radius 3 is 2.52 bits per heavy atom. The van der Waals surface area contributed by atoms with E-state index in [1.807, 2.05) is 44.2 Å². The maximum atomic E-state index is 10.7. The lowest BCUT2D eigenvalue weighted by Gasteiger charge is -2.19. The molecule has 8 heteroatoms. The van der Waals surface area contributed by atoms with Gasteiger partial charge < -0.3 is 24.6 Å². The Hall–Kier alpha value is -2.33. The summed E-state index contributed by atoms with van der Waals surface area (Å²) in [6.07, 6.45) is 2.37. The summed E-state index contributed by atoms with van der Waals surface area (Å²) in [6, 6.07) is 11.7. The summed E-state index contributed by atoms with van der Waals surface area (Å²) in [5.74, 6) is 2.52. The molecule has 1 atom stereocenters. The fraction of sp³-hybridized carbons (Fsp3) is 0.391. The highest BCUT2D eigenvalue weighted by Gasteiger charge is 2.26. The number of furan rings is 1. The number of nitrogens with one attached hydrogen (secondary N) is 2. The van der Waals surface area contributed by atoms with Gasteiger partial charge in [-0.15, -0.1) is 24.0 Å². The summed E-state index contributed by atoms with van der Waals surface area (Å²) in [5.41, 5.74) is 1.86. The minimum absolute atomic E-state index is 0. The fourth-order valence-electron chi connectivity index (χ4n) is 2.94. The van der Waals surface area contributed by atoms with Crippen molar-refractivity contribution in [2.45, 2.75) is 39.7 Å². The van der Waals surface area contributed by atoms with Crippen molar-refractivity contribution in [3.8, 4) is 11.5 Å². The molecular weight excluding hydrogens is 507 g/mol. The Labute approximate surface area is 200 Å². The van der Waals surface area contributed by atoms with E-state index in [9.17, 15) is 5.11 Å². The molecule has 2 heterocycles. The van der Waals surface area contributed by atoms with Gasteiger partial charge in [-0.2, -0.15) is 0 Å². The highest BCUT2D eigenvalue weighted by Crippen LogP contribution is 2.23. The van der Waals surface area contributed by atoms with Crippen molar-refractivity contribution in [1.29, 1.82) is 0 Å². The molecule has 0 radical (unpaired) electrons. The van der Waals surface area contributed by atoms with Crippen LogP contribution in [0.3, 0.4) is 0 Å². The molecule has 7 nitrogen and oxygen atoms in total. The van der Waals surface area contributed by atoms with Crippen LogP contribution in [0, 0.1) is 13.8 Å². The molecule has 0 saturated heterocycles. The van der Waals surface area contributed by atoms with Crippen LogP contribution in [0.25, 0.3) is 11.5 Å². The molecule has 0 aliphatic heterocycles. The van der Waals surface area contributed by atoms with Crippen LogP contribution in [-0.4, -0.2) is 35.7 Å². The number of nitrogens with zero attached hydrogens (tertiary/aromatic N) is 2. The van der Waals surface area contributed by atoms with E-state index in [2.05, 4.69) is 27.5 Å². The van der Waals surface area contributed by atoms with Gasteiger partial charge >= 0.3 is 0 Å². The normalized spacial score (nSPS) is 13.4. The molecule has 0 amide bonds. The van der Waals surface area contributed by atoms with Crippen molar-refractivity contribution in [2.24, 2.45) is 4.99 Å². The fourth-order valence-corrected chi connectivity index (χ4v) is 2.94. The van der Waals surface area contributed by atoms with E-state index in [0.29, 0.717) is 30.6 Å². The van der Waals surface area contributed by atoms with Crippen LogP contribution in [-0.2, 0) is 12.0 Å². The minimum atomic E-state index is -1.17. The van der Waals surface area contributed by atoms with Crippen molar-refractivity contribution in [1.82, 2.24) is 15.6 Å². The van der Waals surface area contributed by atoms with Crippen LogP contribution >= 0.6 is 24.0 Å². The van der Waals surface area contributed by atoms with Crippen LogP contribution in [0.2, 0.25) is 0 Å². The Kier molecular flexibility index (Phi) is 9.12. The smallest absolute Gasteiger partial charge is 0.226 e. The average Bonchev–Trinajstić information content (AvgIpc) is 3.36. The van der Waals surface area contributed by atoms with Crippen molar-refractivity contribution in [3.05, 3.63) is 65.4 Å². The largest absolute Gasteiger partial charge is 0.463 e. The number of aliphatic imine (C=N–C) groups is 1. The molecule has 0 bridgehead atoms. The number of hydrogen-bond donors (Lipinski definition) is 3. The first-order valence-electron chi connectivity index (χ1n) is 10.2. The van der Waals surface area contributed by atoms with Gasteiger partial charge in [0.15, 0.2) is 5.96 Å². The lowest BCUT2D eigenvalue weighted by Crippen LogP contribution is -2.39. The molecule has 3 rings (SSSR count). The zero-order chi connectivity index (χ0) is 21.6. The van der Waals surface area contributed by atoms with Crippen LogP contribution < -0.4 is 10.6 Å². The first-order valence-corrected chi connectivity index (χ1v) is 10.2. The van der Waals surface area contributed by atoms with Gasteiger partial charge in [0.25, 0.3) is 0 Å². The number of aliphatic hydroxyl groups is 1. The monoisotopic (exact) mass is 538 g/mol. The maximum Gasteiger partial charge on any atom is 0.226 e. The highest BCUT2D eigenvalue weighted by molar-refractivity contribution is 14.0. The lowest BCUT2D eigenvalue weighted by atomic mass is 10.0. The third-order valence-electron chi connectivity index (χ3n) is 4.68. The molecule has 1 unspecified atom stereocenters. The Balaban J connectivity index is 0.00000341. The highest BCUT2D eigenvalue weighted by atomic mass is 127. The summed E-state index contributed by atoms with van der Waals surface area (Å²) in [5, 5.41) is 17.1. The second-order valence-corrected chi connectivity index (χ2v) is 7.57. The predicted octanol–water partition coefficient (Wildman–Crippen LogP) is 4.17. The lowest BCUT2D eigenvalue weighted by molar-refractivity contribution is 0.0428. The number of halogens is 1. The van der Waals surface area contributed by atoms with Gasteiger partial charge in [0.2, 0.25) is 5.89 Å². The molecule has 31 heavy (non-hydrogen) atoms. The van der Waals surface area contributed by atoms with Gasteiger partial charge in [-0.05, 0) is 52.0 Å². The van der Waals surface area contributed by atoms with Crippen molar-refractivity contribution in [2.75, 3.05) is 19.6 Å². The standard InChI is InChI=1S/C23H30N4O3.HI/c1-5-24-22(26-15-23(4,28)20-11-8-17(3)30-20)25-13-12-19-14-29-21(27-19)18-9-6-16(2)7-10-18;/h6-11,14,28H,5,12-13,15H2,1-4H3,(H2,24,25,26);1H. The number of benzene rings is 1. The van der Waals surface area contributed by atoms with E-state index in [1.165, 1.54) is 5.56 Å². The van der Waals surface area contributed by atoms with Gasteiger partial charge in [0, 0.05) is 25.1 Å². The molecule has 0 aliphatic rings. The third kappa shape index (κ3) is 7.10. The van der Waals surface area contributed by atoms with E-state index in [4.69, 9.17) is 8.83 Å². The van der Waals surface area contributed by atoms with Crippen LogP contribution in [0.5, 0.6) is 0 Å². The van der Waals surface area contributed by atoms with Crippen LogP contribution in [0.1, 0.15) is 36.6 Å². The first-order chi connectivity index (χ1) is 14.4. The molecule has 1 aromatic carbocycles. The van der Waals surface area contributed by atoms with E-state index >= 15 is 0 Å². The van der Waals surface area contributed by atoms with Crippen molar-refractivity contribution < 1.29 is 13.9 Å². The number of guanidine groups is 1. The van der Waals surface area contributed by atoms with Gasteiger partial charge in [-0.25, -0.2) is 9.98 Å². The number of aryl methyl sites for hydroxylation is 2. The van der Waals surface area contributed by atoms with Crippen molar-refractivity contribution in [3.63, 3.8) is 0 Å². The molecular formula is C23H31IN4O3. The molecule has 0 fully saturated rings. The van der Waals surface area contributed by atoms with Gasteiger partial charge in [-0.3, -0.25) is 0 Å². The first kappa shape index (κ1) is 24.9. The number of rotatable bonds is 8. The topological polar surface area (TPSA) is 95.8 Å². The Bertz CT molecular complexity index is 977. The maximum absolute atomic E-state index is 10.7. The predicted molar refractivity (Wildman–Crippen MR) is 133 cm³/mol. The van der Waals surface area contributed by atoms with Gasteiger partial charge in [0.05, 0.1) is 12.2 Å². The average molecular weight is 538 g/mol. The molecule has 0 spiro atoms. The molecule has 168 valence electrons. The summed E-state index contributed by atoms with van der Waals surface area (Å²) in [4.78, 5) is 9.06. The molecule has 0 saturated carbocycles. The summed E-state index contributed by atoms with van der Waals surface area (Å²) in [7, 11) is 0. The zero-order valence-corrected chi connectivity index (χ0v) is 20.8. The van der Waals surface area contributed by atoms with Gasteiger partial charge in [-0.1, -0.05) is 17.7 Å². The molecule has 3 aromatic rings. The van der Waals surface area contributed by atoms with E-state index in [0.717, 1.165) is 23.6 Å². The van der Waals surface area contributed by atoms with Crippen LogP contribution in [0.4, 0.5) is 0 Å². The van der Waals surface area contributed by atoms with E-state index < -0.39 is 5.60 Å². The van der Waals surface area contributed by atoms with E-state index in [1.54, 1.807) is 19.3 Å². The second kappa shape index (κ2) is 11.3. The van der Waals surface area contributed by atoms with E-state index in [-0.39, 0.29) is 30.5 Å². The Morgan fingerprint density at radius 2 is 1.87 bits per heavy atom. The Morgan fingerprint density at radius 1 is 1.13 bits per heavy atom. The molecule has 0 aliphatic carbocycles. The number of aromatic nitrogens is 1. The third-order valence-corrected chi connectivity index (χ3v) is 4.68. The SMILES string of the molecule is CCNC(=NCC(C)(O)c1ccc(C)o1)NCCc1coc(-c2ccc(C)cc2)n1.I. The quantitative estimate of drug-likeness (QED) is 0.226. The zero-order valence-electron chi connectivity index (χ0n) is 18.4. The summed E-state index contributed by atoms with van der Waals surface area (Å²) < 4.78 is 11.2. The summed E-state index contributed by atoms with van der Waals surface area (Å²) in [6.45, 7) is 9.12. The van der Waals surface area contributed by atoms with Crippen molar-refractivity contribution >= 4 is 29.9 Å². The number of hydrogen-bond acceptors (Lipinski definition) is 5. The number of oxazole rings is 1.